The van der Waals surface area contributed by atoms with Gasteiger partial charge in [-0.2, -0.15) is 23.5 Å². The standard InChI is InChI=1S/C25H14F4N4O2/c26-22-18(23(34)16-7-2-1-3-8-16)10-5-11-19(22)31-24(35)20-13-21(25(27,28)29)32-33(20)17-9-4-6-15(12-17)14-30/h1-13H,(H,31,35). The number of halogens is 4. The van der Waals surface area contributed by atoms with Crippen molar-refractivity contribution in [2.24, 2.45) is 0 Å². The molecular weight excluding hydrogens is 464 g/mol. The minimum Gasteiger partial charge on any atom is -0.318 e. The lowest BCUT2D eigenvalue weighted by molar-refractivity contribution is -0.141. The molecule has 0 bridgehead atoms. The molecule has 0 fully saturated rings. The molecular formula is C25H14F4N4O2. The number of hydrogen-bond acceptors (Lipinski definition) is 4. The molecule has 10 heteroatoms. The molecule has 1 aromatic heterocycles. The van der Waals surface area contributed by atoms with Crippen LogP contribution < -0.4 is 5.32 Å². The highest BCUT2D eigenvalue weighted by molar-refractivity contribution is 6.10. The second-order valence-corrected chi connectivity index (χ2v) is 7.30. The van der Waals surface area contributed by atoms with Gasteiger partial charge in [-0.05, 0) is 30.3 Å². The molecule has 0 aliphatic rings. The first-order chi connectivity index (χ1) is 16.7. The molecule has 174 valence electrons. The molecule has 0 saturated heterocycles. The Morgan fingerprint density at radius 2 is 1.66 bits per heavy atom. The van der Waals surface area contributed by atoms with E-state index in [1.54, 1.807) is 18.2 Å². The molecule has 0 aliphatic carbocycles. The summed E-state index contributed by atoms with van der Waals surface area (Å²) >= 11 is 0. The minimum atomic E-state index is -4.86. The lowest BCUT2D eigenvalue weighted by Gasteiger charge is -2.11. The maximum absolute atomic E-state index is 15.1. The molecule has 6 nitrogen and oxygen atoms in total. The number of hydrogen-bond donors (Lipinski definition) is 1. The van der Waals surface area contributed by atoms with Crippen LogP contribution in [0.15, 0.2) is 78.9 Å². The molecule has 3 aromatic carbocycles. The predicted molar refractivity (Wildman–Crippen MR) is 118 cm³/mol. The van der Waals surface area contributed by atoms with E-state index in [1.165, 1.54) is 54.6 Å². The Bertz CT molecular complexity index is 1470. The van der Waals surface area contributed by atoms with E-state index in [0.29, 0.717) is 6.07 Å². The molecule has 35 heavy (non-hydrogen) atoms. The quantitative estimate of drug-likeness (QED) is 0.308. The molecule has 0 spiro atoms. The molecule has 1 amide bonds. The first-order valence-corrected chi connectivity index (χ1v) is 10.1. The number of carbonyl (C=O) groups excluding carboxylic acids is 2. The monoisotopic (exact) mass is 478 g/mol. The van der Waals surface area contributed by atoms with Gasteiger partial charge < -0.3 is 5.32 Å². The van der Waals surface area contributed by atoms with Gasteiger partial charge in [0.15, 0.2) is 17.3 Å². The number of amides is 1. The van der Waals surface area contributed by atoms with Gasteiger partial charge in [0.05, 0.1) is 28.6 Å². The zero-order valence-electron chi connectivity index (χ0n) is 17.7. The summed E-state index contributed by atoms with van der Waals surface area (Å²) < 4.78 is 55.9. The largest absolute Gasteiger partial charge is 0.435 e. The van der Waals surface area contributed by atoms with E-state index in [-0.39, 0.29) is 22.4 Å². The van der Waals surface area contributed by atoms with Gasteiger partial charge in [-0.15, -0.1) is 0 Å². The molecule has 0 atom stereocenters. The van der Waals surface area contributed by atoms with Crippen LogP contribution in [-0.4, -0.2) is 21.5 Å². The van der Waals surface area contributed by atoms with Gasteiger partial charge in [0.2, 0.25) is 0 Å². The second-order valence-electron chi connectivity index (χ2n) is 7.30. The average molecular weight is 478 g/mol. The number of anilines is 1. The van der Waals surface area contributed by atoms with Crippen LogP contribution in [0, 0.1) is 17.1 Å². The van der Waals surface area contributed by atoms with E-state index >= 15 is 4.39 Å². The van der Waals surface area contributed by atoms with Crippen LogP contribution in [0.2, 0.25) is 0 Å². The fraction of sp³-hybridized carbons (Fsp3) is 0.0400. The summed E-state index contributed by atoms with van der Waals surface area (Å²) in [4.78, 5) is 25.6. The molecule has 0 aliphatic heterocycles. The number of rotatable bonds is 5. The Kier molecular flexibility index (Phi) is 6.16. The van der Waals surface area contributed by atoms with Crippen molar-refractivity contribution in [2.75, 3.05) is 5.32 Å². The number of nitriles is 1. The number of aromatic nitrogens is 2. The highest BCUT2D eigenvalue weighted by atomic mass is 19.4. The van der Waals surface area contributed by atoms with E-state index in [0.717, 1.165) is 4.68 Å². The highest BCUT2D eigenvalue weighted by Gasteiger charge is 2.36. The summed E-state index contributed by atoms with van der Waals surface area (Å²) in [6.07, 6.45) is -4.86. The van der Waals surface area contributed by atoms with Crippen LogP contribution in [-0.2, 0) is 6.18 Å². The minimum absolute atomic E-state index is 0.0261. The number of ketones is 1. The topological polar surface area (TPSA) is 87.8 Å². The summed E-state index contributed by atoms with van der Waals surface area (Å²) in [6, 6.07) is 19.5. The third kappa shape index (κ3) is 4.79. The van der Waals surface area contributed by atoms with Gasteiger partial charge in [-0.1, -0.05) is 42.5 Å². The van der Waals surface area contributed by atoms with Gasteiger partial charge >= 0.3 is 6.18 Å². The summed E-state index contributed by atoms with van der Waals surface area (Å²) in [5.74, 6) is -2.77. The van der Waals surface area contributed by atoms with E-state index in [9.17, 15) is 22.8 Å². The van der Waals surface area contributed by atoms with Crippen LogP contribution in [0.25, 0.3) is 5.69 Å². The SMILES string of the molecule is N#Cc1cccc(-n2nc(C(F)(F)F)cc2C(=O)Nc2cccc(C(=O)c3ccccc3)c2F)c1. The van der Waals surface area contributed by atoms with Gasteiger partial charge in [0, 0.05) is 11.6 Å². The summed E-state index contributed by atoms with van der Waals surface area (Å²) in [5, 5.41) is 14.8. The van der Waals surface area contributed by atoms with Crippen molar-refractivity contribution < 1.29 is 27.2 Å². The van der Waals surface area contributed by atoms with Crippen LogP contribution >= 0.6 is 0 Å². The zero-order valence-corrected chi connectivity index (χ0v) is 17.7. The maximum Gasteiger partial charge on any atom is 0.435 e. The van der Waals surface area contributed by atoms with Crippen molar-refractivity contribution in [1.29, 1.82) is 5.26 Å². The first kappa shape index (κ1) is 23.4. The maximum atomic E-state index is 15.1. The third-order valence-corrected chi connectivity index (χ3v) is 4.98. The fourth-order valence-corrected chi connectivity index (χ4v) is 3.32. The van der Waals surface area contributed by atoms with Crippen LogP contribution in [0.1, 0.15) is 37.7 Å². The van der Waals surface area contributed by atoms with Gasteiger partial charge in [-0.3, -0.25) is 9.59 Å². The molecule has 4 aromatic rings. The number of carbonyl (C=O) groups is 2. The molecule has 0 unspecified atom stereocenters. The molecule has 1 N–H and O–H groups in total. The van der Waals surface area contributed by atoms with E-state index in [4.69, 9.17) is 5.26 Å². The zero-order chi connectivity index (χ0) is 25.2. The molecule has 4 rings (SSSR count). The van der Waals surface area contributed by atoms with Gasteiger partial charge in [0.1, 0.15) is 5.69 Å². The second kappa shape index (κ2) is 9.23. The van der Waals surface area contributed by atoms with Gasteiger partial charge in [-0.25, -0.2) is 9.07 Å². The molecule has 0 saturated carbocycles. The van der Waals surface area contributed by atoms with E-state index in [2.05, 4.69) is 10.4 Å². The van der Waals surface area contributed by atoms with E-state index in [1.807, 2.05) is 6.07 Å². The van der Waals surface area contributed by atoms with Crippen molar-refractivity contribution in [3.63, 3.8) is 0 Å². The smallest absolute Gasteiger partial charge is 0.318 e. The predicted octanol–water partition coefficient (Wildman–Crippen LogP) is 5.39. The van der Waals surface area contributed by atoms with Gasteiger partial charge in [0.25, 0.3) is 5.91 Å². The number of nitrogens with one attached hydrogen (secondary N) is 1. The Hall–Kier alpha value is -4.78. The molecule has 0 radical (unpaired) electrons. The van der Waals surface area contributed by atoms with E-state index < -0.39 is 40.8 Å². The number of alkyl halides is 3. The van der Waals surface area contributed by atoms with Crippen LogP contribution in [0.3, 0.4) is 0 Å². The van der Waals surface area contributed by atoms with Crippen LogP contribution in [0.5, 0.6) is 0 Å². The number of benzene rings is 3. The summed E-state index contributed by atoms with van der Waals surface area (Å²) in [6.45, 7) is 0. The third-order valence-electron chi connectivity index (χ3n) is 4.98. The van der Waals surface area contributed by atoms with Crippen molar-refractivity contribution in [3.8, 4) is 11.8 Å². The Balaban J connectivity index is 1.72. The van der Waals surface area contributed by atoms with Crippen molar-refractivity contribution >= 4 is 17.4 Å². The Morgan fingerprint density at radius 1 is 0.943 bits per heavy atom. The lowest BCUT2D eigenvalue weighted by Crippen LogP contribution is -2.18. The van der Waals surface area contributed by atoms with Crippen molar-refractivity contribution in [2.45, 2.75) is 6.18 Å². The first-order valence-electron chi connectivity index (χ1n) is 10.1. The average Bonchev–Trinajstić information content (AvgIpc) is 3.32. The lowest BCUT2D eigenvalue weighted by atomic mass is 10.0. The summed E-state index contributed by atoms with van der Waals surface area (Å²) in [7, 11) is 0. The van der Waals surface area contributed by atoms with Crippen molar-refractivity contribution in [1.82, 2.24) is 9.78 Å². The normalized spacial score (nSPS) is 11.1. The fourth-order valence-electron chi connectivity index (χ4n) is 3.32. The molecule has 1 heterocycles. The Morgan fingerprint density at radius 3 is 2.34 bits per heavy atom. The Labute approximate surface area is 196 Å². The number of nitrogens with zero attached hydrogens (tertiary/aromatic N) is 3. The highest BCUT2D eigenvalue weighted by Crippen LogP contribution is 2.30. The van der Waals surface area contributed by atoms with Crippen molar-refractivity contribution in [3.05, 3.63) is 113 Å². The van der Waals surface area contributed by atoms with Crippen LogP contribution in [0.4, 0.5) is 23.2 Å². The summed E-state index contributed by atoms with van der Waals surface area (Å²) in [5.41, 5.74) is -2.23.